The third-order valence-electron chi connectivity index (χ3n) is 8.60. The number of oxime groups is 1. The summed E-state index contributed by atoms with van der Waals surface area (Å²) in [6, 6.07) is 5.26. The highest BCUT2D eigenvalue weighted by molar-refractivity contribution is 14.1. The second-order valence-electron chi connectivity index (χ2n) is 12.5. The maximum absolute atomic E-state index is 13.4. The Morgan fingerprint density at radius 3 is 2.51 bits per heavy atom. The van der Waals surface area contributed by atoms with E-state index in [-0.39, 0.29) is 36.7 Å². The summed E-state index contributed by atoms with van der Waals surface area (Å²) >= 11 is 1.91. The smallest absolute Gasteiger partial charge is 0.317 e. The summed E-state index contributed by atoms with van der Waals surface area (Å²) in [5, 5.41) is 16.4. The highest BCUT2D eigenvalue weighted by Crippen LogP contribution is 2.41. The van der Waals surface area contributed by atoms with Gasteiger partial charge in [0.15, 0.2) is 10.7 Å². The molecule has 8 atom stereocenters. The summed E-state index contributed by atoms with van der Waals surface area (Å²) in [5.74, 6) is -3.56. The molecule has 3 heterocycles. The fraction of sp³-hybridized carbons (Fsp3) is 0.677. The molecule has 12 heteroatoms. The predicted molar refractivity (Wildman–Crippen MR) is 171 cm³/mol. The molecule has 3 N–H and O–H groups in total. The van der Waals surface area contributed by atoms with E-state index in [1.54, 1.807) is 39.0 Å². The zero-order valence-electron chi connectivity index (χ0n) is 26.1. The Morgan fingerprint density at radius 2 is 1.86 bits per heavy atom. The number of rotatable bonds is 3. The number of carbonyl (C=O) groups excluding carboxylic acids is 3. The SMILES string of the molecule is CC(=O)N=C1[C@H](C)C[C@]2(C)C[C@@H](C)C(=O)[C@@H](C)C(=O)O[C@H](I)[C@@](C)(O)[C@H](CC/C(=N\OCc3cccc(N)n3)CO2)[C@H]1C. The molecule has 2 bridgehead atoms. The normalized spacial score (nSPS) is 36.8. The van der Waals surface area contributed by atoms with Crippen LogP contribution in [0.2, 0.25) is 0 Å². The van der Waals surface area contributed by atoms with Gasteiger partial charge in [-0.15, -0.1) is 0 Å². The summed E-state index contributed by atoms with van der Waals surface area (Å²) in [7, 11) is 0. The summed E-state index contributed by atoms with van der Waals surface area (Å²) in [5.41, 5.74) is 5.26. The molecule has 1 aromatic heterocycles. The monoisotopic (exact) mass is 712 g/mol. The third kappa shape index (κ3) is 9.04. The number of esters is 1. The summed E-state index contributed by atoms with van der Waals surface area (Å²) in [6.07, 6.45) is 1.56. The number of Topliss-reactive ketones (excluding diaryl/α,β-unsaturated/α-hetero) is 1. The molecule has 0 unspecified atom stereocenters. The van der Waals surface area contributed by atoms with Crippen molar-refractivity contribution in [3.63, 3.8) is 0 Å². The largest absolute Gasteiger partial charge is 0.448 e. The van der Waals surface area contributed by atoms with E-state index < -0.39 is 39.0 Å². The van der Waals surface area contributed by atoms with Gasteiger partial charge in [-0.1, -0.05) is 32.0 Å². The minimum absolute atomic E-state index is 0.102. The topological polar surface area (TPSA) is 163 Å². The van der Waals surface area contributed by atoms with Crippen molar-refractivity contribution < 1.29 is 33.8 Å². The van der Waals surface area contributed by atoms with Gasteiger partial charge in [-0.2, -0.15) is 0 Å². The standard InChI is InChI=1S/C31H45IN4O7/c1-17-13-30(6)14-18(2)27(38)20(4)28(39)43-29(32)31(7,40)24(19(3)26(17)34-21(5)37)12-11-23(15-41-30)36-42-16-22-9-8-10-25(33)35-22/h8-10,17-20,24,29,40H,11-16H2,1-7H3,(H2,33,35)/b34-26?,36-23+/t17-,18-,19-,20-,24-,29+,30-,31+/m1/s1. The van der Waals surface area contributed by atoms with E-state index in [4.69, 9.17) is 20.0 Å². The molecule has 238 valence electrons. The van der Waals surface area contributed by atoms with Gasteiger partial charge in [0, 0.05) is 24.5 Å². The number of cyclic esters (lactones) is 1. The van der Waals surface area contributed by atoms with Crippen molar-refractivity contribution >= 4 is 57.5 Å². The van der Waals surface area contributed by atoms with Gasteiger partial charge in [0.25, 0.3) is 0 Å². The number of aromatic nitrogens is 1. The molecule has 11 nitrogen and oxygen atoms in total. The Morgan fingerprint density at radius 1 is 1.19 bits per heavy atom. The Bertz CT molecular complexity index is 1250. The van der Waals surface area contributed by atoms with Gasteiger partial charge >= 0.3 is 5.97 Å². The van der Waals surface area contributed by atoms with Crippen LogP contribution in [0.4, 0.5) is 5.82 Å². The van der Waals surface area contributed by atoms with Gasteiger partial charge in [0.05, 0.1) is 23.6 Å². The molecule has 0 aliphatic carbocycles. The molecule has 2 saturated heterocycles. The van der Waals surface area contributed by atoms with Crippen molar-refractivity contribution in [1.82, 2.24) is 4.98 Å². The van der Waals surface area contributed by atoms with Crippen LogP contribution in [0, 0.1) is 29.6 Å². The minimum Gasteiger partial charge on any atom is -0.448 e. The lowest BCUT2D eigenvalue weighted by atomic mass is 9.71. The molecule has 2 fully saturated rings. The van der Waals surface area contributed by atoms with Crippen molar-refractivity contribution in [1.29, 1.82) is 0 Å². The van der Waals surface area contributed by atoms with Crippen molar-refractivity contribution in [3.05, 3.63) is 23.9 Å². The first kappa shape index (κ1) is 35.0. The molecule has 1 aromatic rings. The Balaban J connectivity index is 2.13. The molecule has 2 aliphatic heterocycles. The first-order valence-electron chi connectivity index (χ1n) is 14.8. The number of hydrogen-bond donors (Lipinski definition) is 2. The van der Waals surface area contributed by atoms with Crippen LogP contribution in [0.3, 0.4) is 0 Å². The van der Waals surface area contributed by atoms with Crippen LogP contribution in [-0.2, 0) is 35.3 Å². The Hall–Kier alpha value is -2.45. The van der Waals surface area contributed by atoms with E-state index >= 15 is 0 Å². The molecule has 0 aromatic carbocycles. The number of carbonyl (C=O) groups is 3. The molecule has 43 heavy (non-hydrogen) atoms. The van der Waals surface area contributed by atoms with E-state index in [2.05, 4.69) is 15.1 Å². The number of halogens is 1. The number of nitrogen functional groups attached to an aromatic ring is 1. The zero-order valence-corrected chi connectivity index (χ0v) is 28.3. The number of nitrogens with two attached hydrogens (primary N) is 1. The lowest BCUT2D eigenvalue weighted by molar-refractivity contribution is -0.164. The van der Waals surface area contributed by atoms with Gasteiger partial charge in [-0.05, 0) is 93.0 Å². The number of ketones is 1. The van der Waals surface area contributed by atoms with E-state index in [1.165, 1.54) is 6.92 Å². The molecule has 0 saturated carbocycles. The number of anilines is 1. The number of fused-ring (bicyclic) bond motifs is 5. The van der Waals surface area contributed by atoms with Gasteiger partial charge in [0.2, 0.25) is 5.91 Å². The van der Waals surface area contributed by atoms with Crippen molar-refractivity contribution in [2.45, 2.75) is 96.1 Å². The molecule has 3 rings (SSSR count). The first-order chi connectivity index (χ1) is 20.0. The molecule has 0 radical (unpaired) electrons. The van der Waals surface area contributed by atoms with Crippen molar-refractivity contribution in [2.75, 3.05) is 12.3 Å². The summed E-state index contributed by atoms with van der Waals surface area (Å²) < 4.78 is 11.3. The van der Waals surface area contributed by atoms with Crippen LogP contribution >= 0.6 is 22.6 Å². The van der Waals surface area contributed by atoms with E-state index in [0.29, 0.717) is 48.6 Å². The average molecular weight is 713 g/mol. The van der Waals surface area contributed by atoms with Gasteiger partial charge in [-0.25, -0.2) is 9.98 Å². The van der Waals surface area contributed by atoms with Crippen LogP contribution in [-0.4, -0.2) is 61.1 Å². The number of aliphatic hydroxyl groups is 1. The van der Waals surface area contributed by atoms with Gasteiger partial charge < -0.3 is 25.2 Å². The molecule has 1 amide bonds. The fourth-order valence-electron chi connectivity index (χ4n) is 6.33. The van der Waals surface area contributed by atoms with Crippen molar-refractivity contribution in [2.24, 2.45) is 39.7 Å². The number of alkyl halides is 1. The second kappa shape index (κ2) is 14.6. The van der Waals surface area contributed by atoms with Crippen LogP contribution in [0.15, 0.2) is 28.3 Å². The highest BCUT2D eigenvalue weighted by Gasteiger charge is 2.47. The molecular formula is C31H45IN4O7. The first-order valence-corrected chi connectivity index (χ1v) is 16.0. The molecule has 0 spiro atoms. The number of amides is 1. The summed E-state index contributed by atoms with van der Waals surface area (Å²) in [6.45, 7) is 12.4. The lowest BCUT2D eigenvalue weighted by Gasteiger charge is -2.42. The number of nitrogens with zero attached hydrogens (tertiary/aromatic N) is 3. The highest BCUT2D eigenvalue weighted by atomic mass is 127. The van der Waals surface area contributed by atoms with E-state index in [1.807, 2.05) is 43.4 Å². The van der Waals surface area contributed by atoms with E-state index in [9.17, 15) is 19.5 Å². The maximum Gasteiger partial charge on any atom is 0.317 e. The fourth-order valence-corrected chi connectivity index (χ4v) is 7.04. The van der Waals surface area contributed by atoms with Crippen LogP contribution in [0.5, 0.6) is 0 Å². The van der Waals surface area contributed by atoms with Crippen molar-refractivity contribution in [3.8, 4) is 0 Å². The van der Waals surface area contributed by atoms with Gasteiger partial charge in [-0.3, -0.25) is 14.4 Å². The number of hydrogen-bond acceptors (Lipinski definition) is 10. The average Bonchev–Trinajstić information content (AvgIpc) is 2.93. The van der Waals surface area contributed by atoms with Crippen LogP contribution < -0.4 is 5.73 Å². The second-order valence-corrected chi connectivity index (χ2v) is 13.7. The number of aliphatic imine (C=N–C) groups is 1. The van der Waals surface area contributed by atoms with Gasteiger partial charge in [0.1, 0.15) is 23.1 Å². The lowest BCUT2D eigenvalue weighted by Crippen LogP contribution is -2.51. The minimum atomic E-state index is -1.55. The number of pyridine rings is 1. The van der Waals surface area contributed by atoms with Crippen LogP contribution in [0.1, 0.15) is 79.8 Å². The summed E-state index contributed by atoms with van der Waals surface area (Å²) in [4.78, 5) is 53.2. The quantitative estimate of drug-likeness (QED) is 0.149. The molecular weight excluding hydrogens is 667 g/mol. The third-order valence-corrected chi connectivity index (χ3v) is 10.1. The zero-order chi connectivity index (χ0) is 32.1. The Labute approximate surface area is 267 Å². The van der Waals surface area contributed by atoms with E-state index in [0.717, 1.165) is 0 Å². The maximum atomic E-state index is 13.4. The Kier molecular flexibility index (Phi) is 11.9. The molecule has 2 aliphatic rings. The predicted octanol–water partition coefficient (Wildman–Crippen LogP) is 4.67. The van der Waals surface area contributed by atoms with Crippen LogP contribution in [0.25, 0.3) is 0 Å². The number of ether oxygens (including phenoxy) is 2.